The molecule has 0 N–H and O–H groups in total. The second-order valence-electron chi connectivity index (χ2n) is 5.95. The van der Waals surface area contributed by atoms with Crippen molar-refractivity contribution >= 4 is 12.0 Å². The van der Waals surface area contributed by atoms with Gasteiger partial charge in [0.15, 0.2) is 0 Å². The molecule has 0 bridgehead atoms. The molecule has 23 heavy (non-hydrogen) atoms. The van der Waals surface area contributed by atoms with Gasteiger partial charge in [0.25, 0.3) is 0 Å². The van der Waals surface area contributed by atoms with Crippen LogP contribution in [0.3, 0.4) is 0 Å². The molecule has 1 fully saturated rings. The lowest BCUT2D eigenvalue weighted by molar-refractivity contribution is -0.127. The van der Waals surface area contributed by atoms with Gasteiger partial charge < -0.3 is 4.90 Å². The largest absolute Gasteiger partial charge is 0.338 e. The average Bonchev–Trinajstić information content (AvgIpc) is 2.61. The van der Waals surface area contributed by atoms with Crippen molar-refractivity contribution in [1.29, 1.82) is 0 Å². The molecule has 0 spiro atoms. The zero-order valence-electron chi connectivity index (χ0n) is 13.4. The van der Waals surface area contributed by atoms with Crippen molar-refractivity contribution in [2.75, 3.05) is 13.1 Å². The summed E-state index contributed by atoms with van der Waals surface area (Å²) in [5.74, 6) is 0.351. The summed E-state index contributed by atoms with van der Waals surface area (Å²) >= 11 is 0. The van der Waals surface area contributed by atoms with E-state index < -0.39 is 0 Å². The first-order valence-electron chi connectivity index (χ1n) is 8.03. The Morgan fingerprint density at radius 3 is 2.87 bits per heavy atom. The number of piperidine rings is 1. The van der Waals surface area contributed by atoms with Crippen LogP contribution in [0.15, 0.2) is 48.8 Å². The third-order valence-electron chi connectivity index (χ3n) is 4.14. The maximum Gasteiger partial charge on any atom is 0.246 e. The molecule has 4 heteroatoms. The van der Waals surface area contributed by atoms with Crippen LogP contribution < -0.4 is 0 Å². The number of carbonyl (C=O) groups excluding carboxylic acids is 1. The van der Waals surface area contributed by atoms with E-state index in [4.69, 9.17) is 0 Å². The van der Waals surface area contributed by atoms with Crippen LogP contribution in [-0.2, 0) is 4.79 Å². The molecule has 1 aromatic heterocycles. The molecular weight excluding hydrogens is 286 g/mol. The molecule has 1 aromatic carbocycles. The molecule has 2 heterocycles. The fraction of sp³-hybridized carbons (Fsp3) is 0.316. The van der Waals surface area contributed by atoms with Gasteiger partial charge in [0.2, 0.25) is 5.91 Å². The Bertz CT molecular complexity index is 697. The Kier molecular flexibility index (Phi) is 4.81. The molecule has 0 aliphatic carbocycles. The fourth-order valence-electron chi connectivity index (χ4n) is 2.94. The highest BCUT2D eigenvalue weighted by molar-refractivity contribution is 5.91. The van der Waals surface area contributed by atoms with E-state index in [1.54, 1.807) is 12.3 Å². The van der Waals surface area contributed by atoms with Crippen molar-refractivity contribution < 1.29 is 4.79 Å². The number of hydrogen-bond acceptors (Lipinski definition) is 3. The smallest absolute Gasteiger partial charge is 0.246 e. The lowest BCUT2D eigenvalue weighted by Crippen LogP contribution is -2.38. The number of carbonyl (C=O) groups is 1. The second-order valence-corrected chi connectivity index (χ2v) is 5.95. The monoisotopic (exact) mass is 307 g/mol. The molecule has 1 atom stereocenters. The summed E-state index contributed by atoms with van der Waals surface area (Å²) in [6.45, 7) is 3.48. The number of amides is 1. The number of aromatic nitrogens is 2. The van der Waals surface area contributed by atoms with E-state index in [2.05, 4.69) is 9.97 Å². The lowest BCUT2D eigenvalue weighted by Gasteiger charge is -2.31. The summed E-state index contributed by atoms with van der Waals surface area (Å²) in [4.78, 5) is 23.1. The Balaban J connectivity index is 1.66. The summed E-state index contributed by atoms with van der Waals surface area (Å²) < 4.78 is 0. The van der Waals surface area contributed by atoms with Gasteiger partial charge in [0.1, 0.15) is 0 Å². The molecule has 1 amide bonds. The predicted octanol–water partition coefficient (Wildman–Crippen LogP) is 3.20. The van der Waals surface area contributed by atoms with Gasteiger partial charge in [0.05, 0.1) is 11.4 Å². The van der Waals surface area contributed by atoms with Gasteiger partial charge in [-0.3, -0.25) is 14.8 Å². The fourth-order valence-corrected chi connectivity index (χ4v) is 2.94. The van der Waals surface area contributed by atoms with E-state index in [0.29, 0.717) is 0 Å². The third kappa shape index (κ3) is 4.03. The molecule has 1 aliphatic rings. The van der Waals surface area contributed by atoms with Crippen molar-refractivity contribution in [2.45, 2.75) is 25.7 Å². The zero-order valence-corrected chi connectivity index (χ0v) is 13.4. The molecule has 2 aromatic rings. The Labute approximate surface area is 136 Å². The van der Waals surface area contributed by atoms with E-state index >= 15 is 0 Å². The molecule has 1 saturated heterocycles. The Morgan fingerprint density at radius 2 is 2.09 bits per heavy atom. The molecule has 3 rings (SSSR count). The van der Waals surface area contributed by atoms with Crippen LogP contribution in [0.1, 0.15) is 35.7 Å². The van der Waals surface area contributed by atoms with Crippen molar-refractivity contribution in [3.63, 3.8) is 0 Å². The minimum Gasteiger partial charge on any atom is -0.338 e. The van der Waals surface area contributed by atoms with Crippen LogP contribution in [0, 0.1) is 6.92 Å². The van der Waals surface area contributed by atoms with Gasteiger partial charge in [0, 0.05) is 37.5 Å². The number of rotatable bonds is 3. The molecule has 4 nitrogen and oxygen atoms in total. The van der Waals surface area contributed by atoms with Gasteiger partial charge in [-0.05, 0) is 31.4 Å². The normalized spacial score (nSPS) is 18.3. The van der Waals surface area contributed by atoms with Crippen LogP contribution in [0.2, 0.25) is 0 Å². The first kappa shape index (κ1) is 15.4. The van der Waals surface area contributed by atoms with E-state index in [1.165, 1.54) is 0 Å². The maximum atomic E-state index is 12.4. The SMILES string of the molecule is Cc1cncc(C2CCCN(C(=O)/C=C/c3ccccc3)C2)n1. The van der Waals surface area contributed by atoms with Gasteiger partial charge in [-0.25, -0.2) is 0 Å². The molecule has 1 aliphatic heterocycles. The highest BCUT2D eigenvalue weighted by atomic mass is 16.2. The first-order valence-corrected chi connectivity index (χ1v) is 8.03. The molecule has 0 saturated carbocycles. The molecular formula is C19H21N3O. The van der Waals surface area contributed by atoms with Crippen LogP contribution >= 0.6 is 0 Å². The lowest BCUT2D eigenvalue weighted by atomic mass is 9.95. The van der Waals surface area contributed by atoms with E-state index in [-0.39, 0.29) is 11.8 Å². The summed E-state index contributed by atoms with van der Waals surface area (Å²) in [5.41, 5.74) is 2.96. The van der Waals surface area contributed by atoms with Gasteiger partial charge in [-0.1, -0.05) is 30.3 Å². The van der Waals surface area contributed by atoms with Crippen molar-refractivity contribution in [2.24, 2.45) is 0 Å². The van der Waals surface area contributed by atoms with Gasteiger partial charge in [-0.2, -0.15) is 0 Å². The summed E-state index contributed by atoms with van der Waals surface area (Å²) in [7, 11) is 0. The van der Waals surface area contributed by atoms with Crippen molar-refractivity contribution in [3.8, 4) is 0 Å². The van der Waals surface area contributed by atoms with E-state index in [9.17, 15) is 4.79 Å². The quantitative estimate of drug-likeness (QED) is 0.818. The van der Waals surface area contributed by atoms with Gasteiger partial charge >= 0.3 is 0 Å². The summed E-state index contributed by atoms with van der Waals surface area (Å²) in [6.07, 6.45) is 9.19. The number of aryl methyl sites for hydroxylation is 1. The Hall–Kier alpha value is -2.49. The Morgan fingerprint density at radius 1 is 1.26 bits per heavy atom. The molecule has 0 radical (unpaired) electrons. The van der Waals surface area contributed by atoms with Crippen LogP contribution in [-0.4, -0.2) is 33.9 Å². The van der Waals surface area contributed by atoms with E-state index in [0.717, 1.165) is 42.9 Å². The van der Waals surface area contributed by atoms with Gasteiger partial charge in [-0.15, -0.1) is 0 Å². The molecule has 1 unspecified atom stereocenters. The van der Waals surface area contributed by atoms with Crippen LogP contribution in [0.25, 0.3) is 6.08 Å². The second kappa shape index (κ2) is 7.18. The average molecular weight is 307 g/mol. The van der Waals surface area contributed by atoms with Crippen LogP contribution in [0.4, 0.5) is 0 Å². The summed E-state index contributed by atoms with van der Waals surface area (Å²) in [5, 5.41) is 0. The minimum absolute atomic E-state index is 0.0687. The number of hydrogen-bond donors (Lipinski definition) is 0. The van der Waals surface area contributed by atoms with E-state index in [1.807, 2.05) is 54.4 Å². The number of nitrogens with zero attached hydrogens (tertiary/aromatic N) is 3. The van der Waals surface area contributed by atoms with Crippen molar-refractivity contribution in [3.05, 3.63) is 65.8 Å². The predicted molar refractivity (Wildman–Crippen MR) is 90.8 cm³/mol. The minimum atomic E-state index is 0.0687. The topological polar surface area (TPSA) is 46.1 Å². The first-order chi connectivity index (χ1) is 11.2. The zero-order chi connectivity index (χ0) is 16.1. The standard InChI is InChI=1S/C19H21N3O/c1-15-12-20-13-18(21-15)17-8-5-11-22(14-17)19(23)10-9-16-6-3-2-4-7-16/h2-4,6-7,9-10,12-13,17H,5,8,11,14H2,1H3/b10-9+. The highest BCUT2D eigenvalue weighted by Crippen LogP contribution is 2.25. The molecule has 118 valence electrons. The maximum absolute atomic E-state index is 12.4. The van der Waals surface area contributed by atoms with Crippen molar-refractivity contribution in [1.82, 2.24) is 14.9 Å². The van der Waals surface area contributed by atoms with Crippen LogP contribution in [0.5, 0.6) is 0 Å². The highest BCUT2D eigenvalue weighted by Gasteiger charge is 2.24. The number of benzene rings is 1. The summed E-state index contributed by atoms with van der Waals surface area (Å²) in [6, 6.07) is 9.89. The number of likely N-dealkylation sites (tertiary alicyclic amines) is 1. The third-order valence-corrected chi connectivity index (χ3v) is 4.14.